The van der Waals surface area contributed by atoms with Gasteiger partial charge in [0.25, 0.3) is 0 Å². The van der Waals surface area contributed by atoms with E-state index < -0.39 is 0 Å². The summed E-state index contributed by atoms with van der Waals surface area (Å²) in [4.78, 5) is 26.2. The molecule has 0 saturated carbocycles. The molecule has 0 bridgehead atoms. The van der Waals surface area contributed by atoms with E-state index in [2.05, 4.69) is 422 Å². The fraction of sp³-hybridized carbons (Fsp3) is 0. The van der Waals surface area contributed by atoms with Gasteiger partial charge in [0.15, 0.2) is 23.3 Å². The summed E-state index contributed by atoms with van der Waals surface area (Å²) in [5.74, 6) is 2.58. The van der Waals surface area contributed by atoms with Crippen molar-refractivity contribution in [2.75, 3.05) is 0 Å². The number of hydrogen-bond acceptors (Lipinski definition) is 6. The van der Waals surface area contributed by atoms with Crippen molar-refractivity contribution >= 4 is 131 Å². The zero-order valence-electron chi connectivity index (χ0n) is 72.4. The Hall–Kier alpha value is -18.4. The van der Waals surface area contributed by atoms with E-state index >= 15 is 0 Å². The molecule has 0 aliphatic rings. The second kappa shape index (κ2) is 32.7. The molecule has 12 heteroatoms. The minimum Gasteiger partial charge on any atom is -0.309 e. The van der Waals surface area contributed by atoms with Crippen LogP contribution in [0.2, 0.25) is 0 Å². The Balaban J connectivity index is 0.000000110. The van der Waals surface area contributed by atoms with E-state index in [1.165, 1.54) is 48.5 Å². The highest BCUT2D eigenvalue weighted by Crippen LogP contribution is 2.48. The monoisotopic (exact) mass is 1710 g/mol. The second-order valence-corrected chi connectivity index (χ2v) is 33.6. The third kappa shape index (κ3) is 13.1. The van der Waals surface area contributed by atoms with Gasteiger partial charge in [-0.25, -0.2) is 24.9 Å². The number of benzene rings is 19. The second-order valence-electron chi connectivity index (χ2n) is 33.6. The van der Waals surface area contributed by atoms with Gasteiger partial charge in [-0.3, -0.25) is 0 Å². The van der Waals surface area contributed by atoms with E-state index in [9.17, 15) is 5.26 Å². The van der Waals surface area contributed by atoms with Gasteiger partial charge in [0.05, 0.1) is 106 Å². The van der Waals surface area contributed by atoms with Gasteiger partial charge in [-0.15, -0.1) is 0 Å². The predicted molar refractivity (Wildman–Crippen MR) is 552 cm³/mol. The van der Waals surface area contributed by atoms with Crippen LogP contribution in [0.5, 0.6) is 0 Å². The Kier molecular flexibility index (Phi) is 19.0. The van der Waals surface area contributed by atoms with Crippen LogP contribution in [0, 0.1) is 11.3 Å². The number of hydrogen-bond donors (Lipinski definition) is 0. The Bertz CT molecular complexity index is 8880. The van der Waals surface area contributed by atoms with Gasteiger partial charge < -0.3 is 27.4 Å². The molecule has 0 radical (unpaired) electrons. The molecule has 12 nitrogen and oxygen atoms in total. The van der Waals surface area contributed by atoms with Crippen LogP contribution in [0.3, 0.4) is 0 Å². The third-order valence-electron chi connectivity index (χ3n) is 26.0. The van der Waals surface area contributed by atoms with E-state index in [1.54, 1.807) is 0 Å². The van der Waals surface area contributed by atoms with Gasteiger partial charge in [0.1, 0.15) is 6.07 Å². The molecule has 134 heavy (non-hydrogen) atoms. The quantitative estimate of drug-likeness (QED) is 0.120. The summed E-state index contributed by atoms with van der Waals surface area (Å²) in [6, 6.07) is 168. The highest BCUT2D eigenvalue weighted by molar-refractivity contribution is 6.20. The molecule has 0 spiro atoms. The lowest BCUT2D eigenvalue weighted by Crippen LogP contribution is -2.04. The average molecular weight is 1710 g/mol. The lowest BCUT2D eigenvalue weighted by Gasteiger charge is -2.17. The van der Waals surface area contributed by atoms with Crippen LogP contribution >= 0.6 is 0 Å². The van der Waals surface area contributed by atoms with E-state index in [4.69, 9.17) is 24.9 Å². The van der Waals surface area contributed by atoms with Crippen LogP contribution in [0.25, 0.3) is 233 Å². The summed E-state index contributed by atoms with van der Waals surface area (Å²) in [6.45, 7) is 0. The minimum atomic E-state index is 0.621. The van der Waals surface area contributed by atoms with Gasteiger partial charge in [-0.1, -0.05) is 340 Å². The normalized spacial score (nSPS) is 11.6. The lowest BCUT2D eigenvalue weighted by molar-refractivity contribution is 1.07. The van der Waals surface area contributed by atoms with Crippen molar-refractivity contribution in [3.8, 4) is 108 Å². The average Bonchev–Trinajstić information content (AvgIpc) is 1.55. The van der Waals surface area contributed by atoms with Crippen molar-refractivity contribution in [3.05, 3.63) is 479 Å². The molecule has 19 aromatic carbocycles. The fourth-order valence-corrected chi connectivity index (χ4v) is 20.2. The highest BCUT2D eigenvalue weighted by atomic mass is 15.1. The number of para-hydroxylation sites is 12. The molecule has 0 unspecified atom stereocenters. The van der Waals surface area contributed by atoms with Crippen LogP contribution < -0.4 is 0 Å². The summed E-state index contributed by atoms with van der Waals surface area (Å²) < 4.78 is 14.0. The Morgan fingerprint density at radius 3 is 0.843 bits per heavy atom. The van der Waals surface area contributed by atoms with E-state index in [0.29, 0.717) is 28.9 Å². The largest absolute Gasteiger partial charge is 0.309 e. The number of rotatable bonds is 12. The van der Waals surface area contributed by atoms with Crippen molar-refractivity contribution < 1.29 is 0 Å². The zero-order valence-corrected chi connectivity index (χ0v) is 72.4. The molecule has 8 aromatic heterocycles. The van der Waals surface area contributed by atoms with Crippen molar-refractivity contribution in [1.82, 2.24) is 52.3 Å². The number of nitriles is 1. The SMILES string of the molecule is N#Cc1cc2c(cc1-n1c3ccccc3c3ccccc31)c1ccccc1n2-c1ccccc1.c1ccc(-c2cc(-c3cc4c(cc3-n3c5ccccc5c5ccccc53)c3ccccc3n4-c3ccccc3)nc(-c3ccccc3)n2)cc1.c1ccc(-c2nc(-c3ccccc3)nc(-c3c(-n4c5ccccc5c5ccccc54)ccc4c3c3ccccc3n4-c3ccccc3)n2)cc1. The van der Waals surface area contributed by atoms with Crippen molar-refractivity contribution in [2.45, 2.75) is 0 Å². The molecule has 8 heterocycles. The predicted octanol–water partition coefficient (Wildman–Crippen LogP) is 30.5. The third-order valence-corrected chi connectivity index (χ3v) is 26.0. The number of nitrogens with zero attached hydrogens (tertiary/aromatic N) is 12. The number of aromatic nitrogens is 11. The maximum atomic E-state index is 10.3. The van der Waals surface area contributed by atoms with Gasteiger partial charge >= 0.3 is 0 Å². The summed E-state index contributed by atoms with van der Waals surface area (Å²) in [6.07, 6.45) is 0. The Morgan fingerprint density at radius 1 is 0.179 bits per heavy atom. The molecule has 27 rings (SSSR count). The van der Waals surface area contributed by atoms with Gasteiger partial charge in [0.2, 0.25) is 0 Å². The topological polar surface area (TPSA) is 118 Å². The van der Waals surface area contributed by atoms with Crippen LogP contribution in [0.1, 0.15) is 5.56 Å². The Labute approximate surface area is 770 Å². The first-order chi connectivity index (χ1) is 66.5. The molecular weight excluding hydrogens is 1630 g/mol. The van der Waals surface area contributed by atoms with Crippen molar-refractivity contribution in [1.29, 1.82) is 5.26 Å². The molecule has 27 aromatic rings. The van der Waals surface area contributed by atoms with Gasteiger partial charge in [-0.2, -0.15) is 5.26 Å². The van der Waals surface area contributed by atoms with Crippen LogP contribution in [-0.2, 0) is 0 Å². The number of fused-ring (bicyclic) bond motifs is 18. The van der Waals surface area contributed by atoms with Gasteiger partial charge in [0, 0.05) is 110 Å². The molecule has 626 valence electrons. The van der Waals surface area contributed by atoms with E-state index in [1.807, 2.05) is 84.9 Å². The standard InChI is InChI=1S/C46H30N4.C45H29N5.C31H19N3/c1-4-16-31(17-5-1)39-30-40(48-46(47-39)32-18-6-2-7-19-32)38-29-44-37(36-24-12-13-25-41(36)49(44)33-20-8-3-9-21-33)28-45(38)50-42-26-14-10-22-34(42)35-23-11-15-27-43(35)50;1-4-16-30(17-5-1)43-46-44(31-18-6-2-7-19-31)48-45(47-43)42-40(50-36-25-13-10-22-33(36)34-23-11-14-26-37(34)50)29-28-39-41(42)35-24-12-15-27-38(35)49(39)32-20-8-3-9-21-32;32-20-21-18-31-26(25-14-6-7-15-27(25)33(31)22-10-2-1-3-11-22)19-30(21)34-28-16-8-4-12-23(28)24-13-5-9-17-29(24)34/h1-30H;1-29H;1-19H. The van der Waals surface area contributed by atoms with Crippen LogP contribution in [0.4, 0.5) is 0 Å². The maximum Gasteiger partial charge on any atom is 0.166 e. The molecule has 0 aliphatic carbocycles. The van der Waals surface area contributed by atoms with Crippen molar-refractivity contribution in [2.24, 2.45) is 0 Å². The first-order valence-electron chi connectivity index (χ1n) is 45.1. The summed E-state index contributed by atoms with van der Waals surface area (Å²) in [5, 5.41) is 24.4. The zero-order chi connectivity index (χ0) is 88.7. The molecule has 0 saturated heterocycles. The molecule has 0 aliphatic heterocycles. The Morgan fingerprint density at radius 2 is 0.455 bits per heavy atom. The molecule has 0 fully saturated rings. The van der Waals surface area contributed by atoms with Crippen LogP contribution in [0.15, 0.2) is 473 Å². The van der Waals surface area contributed by atoms with E-state index in [-0.39, 0.29) is 0 Å². The maximum absolute atomic E-state index is 10.3. The smallest absolute Gasteiger partial charge is 0.166 e. The summed E-state index contributed by atoms with van der Waals surface area (Å²) >= 11 is 0. The summed E-state index contributed by atoms with van der Waals surface area (Å²) in [5.41, 5.74) is 28.0. The first-order valence-corrected chi connectivity index (χ1v) is 45.1. The molecule has 0 atom stereocenters. The summed E-state index contributed by atoms with van der Waals surface area (Å²) in [7, 11) is 0. The first kappa shape index (κ1) is 77.9. The lowest BCUT2D eigenvalue weighted by atomic mass is 10.0. The highest BCUT2D eigenvalue weighted by Gasteiger charge is 2.29. The minimum absolute atomic E-state index is 0.621. The molecular formula is C122H78N12. The molecule has 0 amide bonds. The van der Waals surface area contributed by atoms with E-state index in [0.717, 1.165) is 161 Å². The van der Waals surface area contributed by atoms with Gasteiger partial charge in [-0.05, 0) is 133 Å². The molecule has 0 N–H and O–H groups in total. The van der Waals surface area contributed by atoms with Crippen LogP contribution in [-0.4, -0.2) is 52.3 Å². The fourth-order valence-electron chi connectivity index (χ4n) is 20.2. The van der Waals surface area contributed by atoms with Crippen molar-refractivity contribution in [3.63, 3.8) is 0 Å².